The molecule has 14 heavy (non-hydrogen) atoms. The summed E-state index contributed by atoms with van der Waals surface area (Å²) in [6.07, 6.45) is 0.794. The van der Waals surface area contributed by atoms with Gasteiger partial charge in [0.05, 0.1) is 4.92 Å². The standard InChI is InChI=1S/C9H7NO2S2/c11-10(12)9-2-1-8(14-9)5-7-3-4-13-6-7/h1-4,6H,5H2. The molecule has 0 aromatic carbocycles. The van der Waals surface area contributed by atoms with E-state index >= 15 is 0 Å². The summed E-state index contributed by atoms with van der Waals surface area (Å²) in [5, 5.41) is 14.7. The Morgan fingerprint density at radius 3 is 2.79 bits per heavy atom. The molecule has 0 N–H and O–H groups in total. The van der Waals surface area contributed by atoms with Crippen molar-refractivity contribution in [3.63, 3.8) is 0 Å². The van der Waals surface area contributed by atoms with Gasteiger partial charge in [0.15, 0.2) is 0 Å². The minimum Gasteiger partial charge on any atom is -0.258 e. The first-order valence-corrected chi connectivity index (χ1v) is 5.76. The largest absolute Gasteiger partial charge is 0.324 e. The number of rotatable bonds is 3. The monoisotopic (exact) mass is 225 g/mol. The minimum atomic E-state index is -0.345. The van der Waals surface area contributed by atoms with Crippen molar-refractivity contribution < 1.29 is 4.92 Å². The summed E-state index contributed by atoms with van der Waals surface area (Å²) in [7, 11) is 0. The average Bonchev–Trinajstić information content (AvgIpc) is 2.75. The summed E-state index contributed by atoms with van der Waals surface area (Å²) < 4.78 is 0. The van der Waals surface area contributed by atoms with Gasteiger partial charge in [-0.1, -0.05) is 11.3 Å². The Morgan fingerprint density at radius 1 is 1.36 bits per heavy atom. The first kappa shape index (κ1) is 9.36. The molecule has 0 radical (unpaired) electrons. The third-order valence-corrected chi connectivity index (χ3v) is 3.55. The summed E-state index contributed by atoms with van der Waals surface area (Å²) in [6, 6.07) is 5.42. The fraction of sp³-hybridized carbons (Fsp3) is 0.111. The highest BCUT2D eigenvalue weighted by molar-refractivity contribution is 7.15. The zero-order valence-electron chi connectivity index (χ0n) is 7.17. The van der Waals surface area contributed by atoms with Gasteiger partial charge in [0.1, 0.15) is 0 Å². The van der Waals surface area contributed by atoms with Crippen molar-refractivity contribution in [2.24, 2.45) is 0 Å². The fourth-order valence-corrected chi connectivity index (χ4v) is 2.68. The van der Waals surface area contributed by atoms with E-state index in [-0.39, 0.29) is 9.92 Å². The molecule has 0 saturated carbocycles. The Kier molecular flexibility index (Phi) is 2.60. The van der Waals surface area contributed by atoms with E-state index in [0.717, 1.165) is 11.3 Å². The molecule has 3 nitrogen and oxygen atoms in total. The molecular formula is C9H7NO2S2. The maximum atomic E-state index is 10.4. The Hall–Kier alpha value is -1.20. The van der Waals surface area contributed by atoms with E-state index in [2.05, 4.69) is 5.38 Å². The molecule has 0 spiro atoms. The SMILES string of the molecule is O=[N+]([O-])c1ccc(Cc2ccsc2)s1. The van der Waals surface area contributed by atoms with Gasteiger partial charge in [-0.25, -0.2) is 0 Å². The topological polar surface area (TPSA) is 43.1 Å². The average molecular weight is 225 g/mol. The third kappa shape index (κ3) is 2.00. The van der Waals surface area contributed by atoms with Crippen LogP contribution in [0, 0.1) is 10.1 Å². The molecule has 2 aromatic heterocycles. The molecular weight excluding hydrogens is 218 g/mol. The Bertz CT molecular complexity index is 433. The lowest BCUT2D eigenvalue weighted by Crippen LogP contribution is -1.81. The lowest BCUT2D eigenvalue weighted by Gasteiger charge is -1.90. The van der Waals surface area contributed by atoms with Gasteiger partial charge in [0, 0.05) is 17.4 Å². The maximum absolute atomic E-state index is 10.4. The molecule has 0 bridgehead atoms. The number of thiophene rings is 2. The number of nitrogens with zero attached hydrogens (tertiary/aromatic N) is 1. The van der Waals surface area contributed by atoms with Gasteiger partial charge in [-0.15, -0.1) is 0 Å². The first-order chi connectivity index (χ1) is 6.75. The highest BCUT2D eigenvalue weighted by atomic mass is 32.1. The zero-order valence-corrected chi connectivity index (χ0v) is 8.81. The van der Waals surface area contributed by atoms with Gasteiger partial charge in [-0.2, -0.15) is 11.3 Å². The van der Waals surface area contributed by atoms with E-state index in [0.29, 0.717) is 0 Å². The second-order valence-electron chi connectivity index (χ2n) is 2.81. The summed E-state index contributed by atoms with van der Waals surface area (Å²) >= 11 is 2.89. The molecule has 0 aliphatic carbocycles. The summed E-state index contributed by atoms with van der Waals surface area (Å²) in [6.45, 7) is 0. The first-order valence-electron chi connectivity index (χ1n) is 4.00. The summed E-state index contributed by atoms with van der Waals surface area (Å²) in [4.78, 5) is 11.1. The highest BCUT2D eigenvalue weighted by Gasteiger charge is 2.09. The third-order valence-electron chi connectivity index (χ3n) is 1.79. The molecule has 0 unspecified atom stereocenters. The van der Waals surface area contributed by atoms with Crippen molar-refractivity contribution in [3.05, 3.63) is 49.5 Å². The van der Waals surface area contributed by atoms with Crippen molar-refractivity contribution >= 4 is 27.7 Å². The van der Waals surface area contributed by atoms with Gasteiger partial charge in [-0.3, -0.25) is 10.1 Å². The molecule has 0 amide bonds. The zero-order chi connectivity index (χ0) is 9.97. The van der Waals surface area contributed by atoms with Gasteiger partial charge in [-0.05, 0) is 28.5 Å². The highest BCUT2D eigenvalue weighted by Crippen LogP contribution is 2.26. The molecule has 0 aliphatic rings. The van der Waals surface area contributed by atoms with Gasteiger partial charge >= 0.3 is 5.00 Å². The molecule has 72 valence electrons. The van der Waals surface area contributed by atoms with E-state index in [1.807, 2.05) is 17.5 Å². The Morgan fingerprint density at radius 2 is 2.21 bits per heavy atom. The molecule has 0 fully saturated rings. The second-order valence-corrected chi connectivity index (χ2v) is 4.73. The van der Waals surface area contributed by atoms with E-state index in [1.54, 1.807) is 17.4 Å². The van der Waals surface area contributed by atoms with Crippen LogP contribution >= 0.6 is 22.7 Å². The van der Waals surface area contributed by atoms with Crippen molar-refractivity contribution in [2.75, 3.05) is 0 Å². The number of hydrogen-bond donors (Lipinski definition) is 0. The summed E-state index contributed by atoms with van der Waals surface area (Å²) in [5.74, 6) is 0. The van der Waals surface area contributed by atoms with Crippen molar-refractivity contribution in [1.82, 2.24) is 0 Å². The van der Waals surface area contributed by atoms with Crippen LogP contribution in [-0.2, 0) is 6.42 Å². The van der Waals surface area contributed by atoms with Crippen molar-refractivity contribution in [2.45, 2.75) is 6.42 Å². The Labute approximate surface area is 88.8 Å². The molecule has 2 heterocycles. The van der Waals surface area contributed by atoms with Crippen LogP contribution in [0.15, 0.2) is 29.0 Å². The fourth-order valence-electron chi connectivity index (χ4n) is 1.15. The molecule has 2 rings (SSSR count). The second kappa shape index (κ2) is 3.89. The predicted molar refractivity (Wildman–Crippen MR) is 58.1 cm³/mol. The normalized spacial score (nSPS) is 10.3. The molecule has 0 atom stereocenters. The molecule has 2 aromatic rings. The van der Waals surface area contributed by atoms with E-state index in [4.69, 9.17) is 0 Å². The lowest BCUT2D eigenvalue weighted by atomic mass is 10.2. The van der Waals surface area contributed by atoms with Crippen LogP contribution in [-0.4, -0.2) is 4.92 Å². The van der Waals surface area contributed by atoms with Crippen LogP contribution in [0.1, 0.15) is 10.4 Å². The van der Waals surface area contributed by atoms with Crippen LogP contribution in [0.2, 0.25) is 0 Å². The van der Waals surface area contributed by atoms with Crippen molar-refractivity contribution in [3.8, 4) is 0 Å². The van der Waals surface area contributed by atoms with Crippen LogP contribution < -0.4 is 0 Å². The molecule has 5 heteroatoms. The van der Waals surface area contributed by atoms with Crippen LogP contribution in [0.4, 0.5) is 5.00 Å². The van der Waals surface area contributed by atoms with Crippen LogP contribution in [0.3, 0.4) is 0 Å². The van der Waals surface area contributed by atoms with Crippen molar-refractivity contribution in [1.29, 1.82) is 0 Å². The van der Waals surface area contributed by atoms with Gasteiger partial charge < -0.3 is 0 Å². The number of nitro groups is 1. The number of hydrogen-bond acceptors (Lipinski definition) is 4. The maximum Gasteiger partial charge on any atom is 0.324 e. The quantitative estimate of drug-likeness (QED) is 0.594. The van der Waals surface area contributed by atoms with Crippen LogP contribution in [0.5, 0.6) is 0 Å². The smallest absolute Gasteiger partial charge is 0.258 e. The Balaban J connectivity index is 2.14. The van der Waals surface area contributed by atoms with E-state index in [9.17, 15) is 10.1 Å². The summed E-state index contributed by atoms with van der Waals surface area (Å²) in [5.41, 5.74) is 1.21. The van der Waals surface area contributed by atoms with Gasteiger partial charge in [0.2, 0.25) is 0 Å². The lowest BCUT2D eigenvalue weighted by molar-refractivity contribution is -0.380. The van der Waals surface area contributed by atoms with Crippen LogP contribution in [0.25, 0.3) is 0 Å². The molecule has 0 aliphatic heterocycles. The van der Waals surface area contributed by atoms with E-state index in [1.165, 1.54) is 16.9 Å². The molecule has 0 saturated heterocycles. The predicted octanol–water partition coefficient (Wildman–Crippen LogP) is 3.31. The van der Waals surface area contributed by atoms with Gasteiger partial charge in [0.25, 0.3) is 0 Å². The van der Waals surface area contributed by atoms with E-state index < -0.39 is 0 Å². The minimum absolute atomic E-state index is 0.218.